The molecule has 2 rings (SSSR count). The second-order valence-corrected chi connectivity index (χ2v) is 3.41. The lowest BCUT2D eigenvalue weighted by atomic mass is 9.90. The van der Waals surface area contributed by atoms with E-state index in [-0.39, 0.29) is 18.1 Å². The summed E-state index contributed by atoms with van der Waals surface area (Å²) in [6.45, 7) is 0. The van der Waals surface area contributed by atoms with Gasteiger partial charge >= 0.3 is 5.97 Å². The van der Waals surface area contributed by atoms with Gasteiger partial charge in [0.15, 0.2) is 0 Å². The van der Waals surface area contributed by atoms with Crippen molar-refractivity contribution < 1.29 is 19.8 Å². The minimum Gasteiger partial charge on any atom is -0.508 e. The van der Waals surface area contributed by atoms with Crippen molar-refractivity contribution in [2.75, 3.05) is 5.32 Å². The number of hydrogen-bond donors (Lipinski definition) is 3. The molecule has 0 bridgehead atoms. The van der Waals surface area contributed by atoms with Gasteiger partial charge < -0.3 is 15.5 Å². The van der Waals surface area contributed by atoms with E-state index in [9.17, 15) is 14.7 Å². The monoisotopic (exact) mass is 207 g/mol. The molecule has 15 heavy (non-hydrogen) atoms. The van der Waals surface area contributed by atoms with E-state index in [1.807, 2.05) is 0 Å². The average molecular weight is 207 g/mol. The number of anilines is 1. The number of aromatic hydroxyl groups is 1. The van der Waals surface area contributed by atoms with Crippen molar-refractivity contribution in [3.8, 4) is 5.75 Å². The summed E-state index contributed by atoms with van der Waals surface area (Å²) in [5.41, 5.74) is 0.901. The number of phenolic OH excluding ortho intramolecular Hbond substituents is 1. The van der Waals surface area contributed by atoms with E-state index in [1.54, 1.807) is 0 Å². The number of amides is 1. The molecule has 0 spiro atoms. The third kappa shape index (κ3) is 1.63. The number of carbonyl (C=O) groups excluding carboxylic acids is 1. The van der Waals surface area contributed by atoms with E-state index >= 15 is 0 Å². The van der Waals surface area contributed by atoms with Crippen LogP contribution in [0.3, 0.4) is 0 Å². The molecular weight excluding hydrogens is 198 g/mol. The van der Waals surface area contributed by atoms with E-state index in [0.717, 1.165) is 0 Å². The lowest BCUT2D eigenvalue weighted by Crippen LogP contribution is -2.27. The van der Waals surface area contributed by atoms with Gasteiger partial charge in [0.25, 0.3) is 0 Å². The van der Waals surface area contributed by atoms with E-state index in [2.05, 4.69) is 5.32 Å². The van der Waals surface area contributed by atoms with Crippen molar-refractivity contribution in [3.63, 3.8) is 0 Å². The Morgan fingerprint density at radius 3 is 2.87 bits per heavy atom. The highest BCUT2D eigenvalue weighted by atomic mass is 16.4. The van der Waals surface area contributed by atoms with E-state index in [0.29, 0.717) is 11.3 Å². The van der Waals surface area contributed by atoms with Gasteiger partial charge in [-0.1, -0.05) is 0 Å². The maximum atomic E-state index is 11.2. The zero-order valence-electron chi connectivity index (χ0n) is 7.73. The van der Waals surface area contributed by atoms with Gasteiger partial charge in [-0.3, -0.25) is 9.59 Å². The number of nitrogens with one attached hydrogen (secondary N) is 1. The summed E-state index contributed by atoms with van der Waals surface area (Å²) in [7, 11) is 0. The van der Waals surface area contributed by atoms with Gasteiger partial charge in [0.1, 0.15) is 5.75 Å². The van der Waals surface area contributed by atoms with E-state index < -0.39 is 11.9 Å². The van der Waals surface area contributed by atoms with Crippen LogP contribution in [-0.2, 0) is 9.59 Å². The van der Waals surface area contributed by atoms with Crippen molar-refractivity contribution in [2.45, 2.75) is 12.3 Å². The van der Waals surface area contributed by atoms with Crippen LogP contribution in [0.25, 0.3) is 0 Å². The number of carboxylic acids is 1. The van der Waals surface area contributed by atoms with Crippen LogP contribution in [-0.4, -0.2) is 22.1 Å². The number of benzene rings is 1. The molecule has 1 amide bonds. The molecule has 1 unspecified atom stereocenters. The van der Waals surface area contributed by atoms with Crippen LogP contribution in [0.4, 0.5) is 5.69 Å². The predicted molar refractivity (Wildman–Crippen MR) is 51.7 cm³/mol. The molecule has 1 atom stereocenters. The molecule has 5 nitrogen and oxygen atoms in total. The largest absolute Gasteiger partial charge is 0.508 e. The van der Waals surface area contributed by atoms with Crippen molar-refractivity contribution in [1.29, 1.82) is 0 Å². The first kappa shape index (κ1) is 9.51. The molecule has 1 heterocycles. The fourth-order valence-electron chi connectivity index (χ4n) is 1.67. The first-order valence-corrected chi connectivity index (χ1v) is 4.43. The summed E-state index contributed by atoms with van der Waals surface area (Å²) in [5, 5.41) is 20.7. The highest BCUT2D eigenvalue weighted by molar-refractivity contribution is 5.99. The highest BCUT2D eigenvalue weighted by Crippen LogP contribution is 2.34. The molecule has 0 saturated carbocycles. The van der Waals surface area contributed by atoms with Gasteiger partial charge in [0.05, 0.1) is 5.92 Å². The Balaban J connectivity index is 2.52. The molecule has 0 aliphatic carbocycles. The lowest BCUT2D eigenvalue weighted by Gasteiger charge is -2.22. The molecule has 78 valence electrons. The molecule has 0 radical (unpaired) electrons. The van der Waals surface area contributed by atoms with Gasteiger partial charge in [-0.05, 0) is 23.8 Å². The van der Waals surface area contributed by atoms with Gasteiger partial charge in [-0.2, -0.15) is 0 Å². The molecular formula is C10H9NO4. The Hall–Kier alpha value is -2.04. The van der Waals surface area contributed by atoms with E-state index in [4.69, 9.17) is 5.11 Å². The predicted octanol–water partition coefficient (Wildman–Crippen LogP) is 0.903. The number of carboxylic acid groups (broad SMARTS) is 1. The lowest BCUT2D eigenvalue weighted by molar-refractivity contribution is -0.140. The zero-order chi connectivity index (χ0) is 11.0. The first-order valence-electron chi connectivity index (χ1n) is 4.43. The number of rotatable bonds is 1. The fourth-order valence-corrected chi connectivity index (χ4v) is 1.67. The molecule has 0 aromatic heterocycles. The standard InChI is InChI=1S/C10H9NO4/c12-5-1-2-8-6(3-5)7(10(14)15)4-9(13)11-8/h1-3,7,12H,4H2,(H,11,13)(H,14,15). The third-order valence-electron chi connectivity index (χ3n) is 2.37. The molecule has 0 fully saturated rings. The second kappa shape index (κ2) is 3.27. The maximum absolute atomic E-state index is 11.2. The van der Waals surface area contributed by atoms with Gasteiger partial charge in [0, 0.05) is 12.1 Å². The highest BCUT2D eigenvalue weighted by Gasteiger charge is 2.30. The van der Waals surface area contributed by atoms with Crippen LogP contribution >= 0.6 is 0 Å². The topological polar surface area (TPSA) is 86.6 Å². The number of hydrogen-bond acceptors (Lipinski definition) is 3. The number of aliphatic carboxylic acids is 1. The number of fused-ring (bicyclic) bond motifs is 1. The zero-order valence-corrected chi connectivity index (χ0v) is 7.73. The number of carbonyl (C=O) groups is 2. The van der Waals surface area contributed by atoms with Crippen LogP contribution < -0.4 is 5.32 Å². The Kier molecular flexibility index (Phi) is 2.07. The van der Waals surface area contributed by atoms with Gasteiger partial charge in [-0.25, -0.2) is 0 Å². The smallest absolute Gasteiger partial charge is 0.311 e. The van der Waals surface area contributed by atoms with Crippen LogP contribution in [0.5, 0.6) is 5.75 Å². The first-order chi connectivity index (χ1) is 7.08. The minimum absolute atomic E-state index is 0.00357. The molecule has 5 heteroatoms. The quantitative estimate of drug-likeness (QED) is 0.597. The summed E-state index contributed by atoms with van der Waals surface area (Å²) in [6.07, 6.45) is -0.0915. The molecule has 1 aliphatic rings. The summed E-state index contributed by atoms with van der Waals surface area (Å²) in [5.74, 6) is -2.26. The Morgan fingerprint density at radius 2 is 2.20 bits per heavy atom. The maximum Gasteiger partial charge on any atom is 0.311 e. The summed E-state index contributed by atoms with van der Waals surface area (Å²) in [6, 6.07) is 4.27. The van der Waals surface area contributed by atoms with Crippen LogP contribution in [0.2, 0.25) is 0 Å². The normalized spacial score (nSPS) is 19.2. The average Bonchev–Trinajstić information content (AvgIpc) is 2.17. The molecule has 3 N–H and O–H groups in total. The summed E-state index contributed by atoms with van der Waals surface area (Å²) >= 11 is 0. The summed E-state index contributed by atoms with van der Waals surface area (Å²) in [4.78, 5) is 22.1. The SMILES string of the molecule is O=C1CC(C(=O)O)c2cc(O)ccc2N1. The minimum atomic E-state index is -1.06. The Morgan fingerprint density at radius 1 is 1.47 bits per heavy atom. The van der Waals surface area contributed by atoms with Gasteiger partial charge in [0.2, 0.25) is 5.91 Å². The Bertz CT molecular complexity index is 441. The second-order valence-electron chi connectivity index (χ2n) is 3.41. The fraction of sp³-hybridized carbons (Fsp3) is 0.200. The van der Waals surface area contributed by atoms with Crippen molar-refractivity contribution >= 4 is 17.6 Å². The van der Waals surface area contributed by atoms with Gasteiger partial charge in [-0.15, -0.1) is 0 Å². The summed E-state index contributed by atoms with van der Waals surface area (Å²) < 4.78 is 0. The Labute approximate surface area is 85.3 Å². The molecule has 1 aromatic rings. The van der Waals surface area contributed by atoms with Crippen molar-refractivity contribution in [1.82, 2.24) is 0 Å². The molecule has 1 aliphatic heterocycles. The van der Waals surface area contributed by atoms with Crippen LogP contribution in [0.1, 0.15) is 17.9 Å². The van der Waals surface area contributed by atoms with Crippen molar-refractivity contribution in [3.05, 3.63) is 23.8 Å². The van der Waals surface area contributed by atoms with E-state index in [1.165, 1.54) is 18.2 Å². The number of phenols is 1. The third-order valence-corrected chi connectivity index (χ3v) is 2.37. The molecule has 1 aromatic carbocycles. The van der Waals surface area contributed by atoms with Crippen LogP contribution in [0.15, 0.2) is 18.2 Å². The van der Waals surface area contributed by atoms with Crippen molar-refractivity contribution in [2.24, 2.45) is 0 Å². The van der Waals surface area contributed by atoms with Crippen LogP contribution in [0, 0.1) is 0 Å². The molecule has 0 saturated heterocycles.